The largest absolute Gasteiger partial charge is 0.497 e. The fraction of sp³-hybridized carbons (Fsp3) is 0.571. The normalized spacial score (nSPS) is 27.5. The minimum Gasteiger partial charge on any atom is -0.497 e. The molecule has 1 aliphatic heterocycles. The molecule has 1 aromatic carbocycles. The Labute approximate surface area is 118 Å². The number of hydrogen-bond acceptors (Lipinski definition) is 6. The Morgan fingerprint density at radius 1 is 1.35 bits per heavy atom. The van der Waals surface area contributed by atoms with Crippen molar-refractivity contribution in [2.24, 2.45) is 0 Å². The minimum absolute atomic E-state index is 0.0440. The molecule has 1 aliphatic rings. The molecule has 1 aromatic rings. The summed E-state index contributed by atoms with van der Waals surface area (Å²) in [7, 11) is 1.61. The van der Waals surface area contributed by atoms with Crippen molar-refractivity contribution in [3.8, 4) is 5.75 Å². The van der Waals surface area contributed by atoms with Gasteiger partial charge in [-0.1, -0.05) is 12.1 Å². The number of benzene rings is 1. The van der Waals surface area contributed by atoms with Crippen LogP contribution in [0.2, 0.25) is 0 Å². The highest BCUT2D eigenvalue weighted by Gasteiger charge is 2.32. The lowest BCUT2D eigenvalue weighted by atomic mass is 10.1. The molecular formula is C14H22N2O4. The number of aliphatic hydroxyl groups is 3. The third-order valence-corrected chi connectivity index (χ3v) is 3.68. The zero-order valence-electron chi connectivity index (χ0n) is 11.5. The van der Waals surface area contributed by atoms with Crippen LogP contribution in [-0.4, -0.2) is 60.4 Å². The lowest BCUT2D eigenvalue weighted by Crippen LogP contribution is -2.43. The molecule has 0 bridgehead atoms. The molecule has 0 spiro atoms. The summed E-state index contributed by atoms with van der Waals surface area (Å²) in [5, 5.41) is 34.9. The molecule has 0 radical (unpaired) electrons. The zero-order chi connectivity index (χ0) is 14.5. The maximum Gasteiger partial charge on any atom is 0.118 e. The molecular weight excluding hydrogens is 260 g/mol. The second-order valence-corrected chi connectivity index (χ2v) is 4.99. The Balaban J connectivity index is 1.91. The molecule has 1 fully saturated rings. The molecule has 5 N–H and O–H groups in total. The van der Waals surface area contributed by atoms with E-state index in [0.717, 1.165) is 11.3 Å². The van der Waals surface area contributed by atoms with Gasteiger partial charge in [0.25, 0.3) is 0 Å². The molecule has 1 saturated heterocycles. The van der Waals surface area contributed by atoms with Crippen LogP contribution in [-0.2, 0) is 0 Å². The van der Waals surface area contributed by atoms with Gasteiger partial charge in [-0.15, -0.1) is 0 Å². The van der Waals surface area contributed by atoms with E-state index in [1.54, 1.807) is 7.11 Å². The number of β-amino-alcohol motifs (C(OH)–C–C–N with tert-alkyl or cyclic N) is 1. The molecule has 4 atom stereocenters. The number of methoxy groups -OCH3 is 1. The van der Waals surface area contributed by atoms with Crippen molar-refractivity contribution in [2.75, 3.05) is 26.8 Å². The summed E-state index contributed by atoms with van der Waals surface area (Å²) in [6.07, 6.45) is -1.51. The summed E-state index contributed by atoms with van der Waals surface area (Å²) in [6, 6.07) is 7.03. The highest BCUT2D eigenvalue weighted by molar-refractivity contribution is 5.29. The lowest BCUT2D eigenvalue weighted by molar-refractivity contribution is 0.0399. The fourth-order valence-corrected chi connectivity index (χ4v) is 2.37. The lowest BCUT2D eigenvalue weighted by Gasteiger charge is -2.22. The van der Waals surface area contributed by atoms with Crippen molar-refractivity contribution in [3.05, 3.63) is 29.8 Å². The molecule has 112 valence electrons. The first-order valence-corrected chi connectivity index (χ1v) is 6.73. The van der Waals surface area contributed by atoms with Gasteiger partial charge in [-0.3, -0.25) is 0 Å². The van der Waals surface area contributed by atoms with E-state index in [4.69, 9.17) is 4.74 Å². The number of nitrogens with one attached hydrogen (secondary N) is 2. The van der Waals surface area contributed by atoms with Gasteiger partial charge in [0, 0.05) is 19.1 Å². The van der Waals surface area contributed by atoms with Gasteiger partial charge in [0.15, 0.2) is 0 Å². The van der Waals surface area contributed by atoms with Crippen LogP contribution in [0.1, 0.15) is 11.6 Å². The molecule has 6 nitrogen and oxygen atoms in total. The number of rotatable bonds is 6. The van der Waals surface area contributed by atoms with Crippen LogP contribution in [0.4, 0.5) is 0 Å². The molecule has 6 heteroatoms. The number of ether oxygens (including phenoxy) is 1. The van der Waals surface area contributed by atoms with Gasteiger partial charge < -0.3 is 30.7 Å². The van der Waals surface area contributed by atoms with E-state index in [9.17, 15) is 15.3 Å². The third kappa shape index (κ3) is 3.47. The molecule has 0 aliphatic carbocycles. The quantitative estimate of drug-likeness (QED) is 0.460. The zero-order valence-corrected chi connectivity index (χ0v) is 11.5. The average molecular weight is 282 g/mol. The summed E-state index contributed by atoms with van der Waals surface area (Å²) in [6.45, 7) is 0.813. The van der Waals surface area contributed by atoms with Gasteiger partial charge in [-0.05, 0) is 17.7 Å². The Kier molecular flexibility index (Phi) is 5.33. The summed E-state index contributed by atoms with van der Waals surface area (Å²) in [4.78, 5) is 0. The minimum atomic E-state index is -0.780. The summed E-state index contributed by atoms with van der Waals surface area (Å²) >= 11 is 0. The highest BCUT2D eigenvalue weighted by Crippen LogP contribution is 2.18. The van der Waals surface area contributed by atoms with Crippen molar-refractivity contribution in [1.82, 2.24) is 10.6 Å². The van der Waals surface area contributed by atoms with E-state index in [1.165, 1.54) is 0 Å². The Hall–Kier alpha value is -1.18. The third-order valence-electron chi connectivity index (χ3n) is 3.68. The van der Waals surface area contributed by atoms with Crippen molar-refractivity contribution in [2.45, 2.75) is 24.3 Å². The first kappa shape index (κ1) is 15.2. The first-order valence-electron chi connectivity index (χ1n) is 6.73. The van der Waals surface area contributed by atoms with Crippen LogP contribution < -0.4 is 15.4 Å². The van der Waals surface area contributed by atoms with Crippen LogP contribution in [0.25, 0.3) is 0 Å². The molecule has 0 aromatic heterocycles. The predicted octanol–water partition coefficient (Wildman–Crippen LogP) is -0.988. The number of hydrogen-bond donors (Lipinski definition) is 5. The Morgan fingerprint density at radius 2 is 2.05 bits per heavy atom. The van der Waals surface area contributed by atoms with Gasteiger partial charge in [0.05, 0.1) is 32.0 Å². The van der Waals surface area contributed by atoms with Crippen LogP contribution in [0.15, 0.2) is 24.3 Å². The van der Waals surface area contributed by atoms with Gasteiger partial charge in [-0.2, -0.15) is 0 Å². The van der Waals surface area contributed by atoms with Crippen LogP contribution in [0, 0.1) is 0 Å². The summed E-state index contributed by atoms with van der Waals surface area (Å²) in [5.74, 6) is 0.765. The van der Waals surface area contributed by atoms with E-state index < -0.39 is 12.2 Å². The van der Waals surface area contributed by atoms with Gasteiger partial charge in [-0.25, -0.2) is 0 Å². The second-order valence-electron chi connectivity index (χ2n) is 4.99. The maximum absolute atomic E-state index is 9.75. The van der Waals surface area contributed by atoms with Crippen LogP contribution >= 0.6 is 0 Å². The average Bonchev–Trinajstić information content (AvgIpc) is 2.80. The molecule has 0 amide bonds. The summed E-state index contributed by atoms with van der Waals surface area (Å²) < 4.78 is 5.10. The number of aliphatic hydroxyl groups excluding tert-OH is 3. The first-order chi connectivity index (χ1) is 9.65. The van der Waals surface area contributed by atoms with Gasteiger partial charge >= 0.3 is 0 Å². The predicted molar refractivity (Wildman–Crippen MR) is 74.6 cm³/mol. The van der Waals surface area contributed by atoms with Crippen molar-refractivity contribution >= 4 is 0 Å². The fourth-order valence-electron chi connectivity index (χ4n) is 2.37. The van der Waals surface area contributed by atoms with Crippen LogP contribution in [0.3, 0.4) is 0 Å². The van der Waals surface area contributed by atoms with E-state index in [-0.39, 0.29) is 18.7 Å². The molecule has 1 heterocycles. The Morgan fingerprint density at radius 3 is 2.55 bits per heavy atom. The molecule has 2 rings (SSSR count). The van der Waals surface area contributed by atoms with E-state index in [0.29, 0.717) is 13.1 Å². The van der Waals surface area contributed by atoms with Crippen molar-refractivity contribution in [3.63, 3.8) is 0 Å². The topological polar surface area (TPSA) is 94.0 Å². The monoisotopic (exact) mass is 282 g/mol. The van der Waals surface area contributed by atoms with Gasteiger partial charge in [0.2, 0.25) is 0 Å². The molecule has 20 heavy (non-hydrogen) atoms. The maximum atomic E-state index is 9.75. The molecule has 0 unspecified atom stereocenters. The van der Waals surface area contributed by atoms with Crippen molar-refractivity contribution < 1.29 is 20.1 Å². The second kappa shape index (κ2) is 7.01. The SMILES string of the molecule is COc1ccc([C@H](CO)NC[C@H]2NC[C@H](O)[C@@H]2O)cc1. The highest BCUT2D eigenvalue weighted by atomic mass is 16.5. The van der Waals surface area contributed by atoms with Crippen LogP contribution in [0.5, 0.6) is 5.75 Å². The van der Waals surface area contributed by atoms with E-state index in [1.807, 2.05) is 24.3 Å². The summed E-state index contributed by atoms with van der Waals surface area (Å²) in [5.41, 5.74) is 0.946. The Bertz CT molecular complexity index is 412. The van der Waals surface area contributed by atoms with Gasteiger partial charge in [0.1, 0.15) is 5.75 Å². The molecule has 0 saturated carbocycles. The smallest absolute Gasteiger partial charge is 0.118 e. The van der Waals surface area contributed by atoms with Crippen molar-refractivity contribution in [1.29, 1.82) is 0 Å². The van der Waals surface area contributed by atoms with E-state index >= 15 is 0 Å². The van der Waals surface area contributed by atoms with E-state index in [2.05, 4.69) is 10.6 Å². The standard InChI is InChI=1S/C14H22N2O4/c1-20-10-4-2-9(3-5-10)12(8-17)15-6-11-14(19)13(18)7-16-11/h2-5,11-19H,6-8H2,1H3/t11-,12+,13+,14-/m1/s1.